The third-order valence-corrected chi connectivity index (χ3v) is 7.03. The number of nitrogens with one attached hydrogen (secondary N) is 3. The van der Waals surface area contributed by atoms with Crippen LogP contribution >= 0.6 is 0 Å². The van der Waals surface area contributed by atoms with Crippen molar-refractivity contribution in [1.82, 2.24) is 20.9 Å². The summed E-state index contributed by atoms with van der Waals surface area (Å²) >= 11 is 0. The van der Waals surface area contributed by atoms with Gasteiger partial charge in [-0.2, -0.15) is 0 Å². The molecule has 3 atom stereocenters. The molecule has 2 fully saturated rings. The summed E-state index contributed by atoms with van der Waals surface area (Å²) in [7, 11) is 1.62. The minimum Gasteiger partial charge on any atom is -0.352 e. The van der Waals surface area contributed by atoms with Crippen molar-refractivity contribution in [3.8, 4) is 12.3 Å². The molecule has 290 valence electrons. The van der Waals surface area contributed by atoms with Gasteiger partial charge in [-0.25, -0.2) is 4.79 Å². The summed E-state index contributed by atoms with van der Waals surface area (Å²) in [5, 5.41) is 7.97. The molecule has 0 aromatic carbocycles. The molecular weight excluding hydrogens is 618 g/mol. The molecule has 3 unspecified atom stereocenters. The summed E-state index contributed by atoms with van der Waals surface area (Å²) < 4.78 is 0. The van der Waals surface area contributed by atoms with Crippen molar-refractivity contribution in [1.29, 1.82) is 0 Å². The van der Waals surface area contributed by atoms with Gasteiger partial charge < -0.3 is 26.6 Å². The van der Waals surface area contributed by atoms with Crippen molar-refractivity contribution in [3.63, 3.8) is 0 Å². The van der Waals surface area contributed by atoms with Gasteiger partial charge in [-0.05, 0) is 58.9 Å². The zero-order valence-electron chi connectivity index (χ0n) is 34.0. The second-order valence-electron chi connectivity index (χ2n) is 10.0. The number of likely N-dealkylation sites (tertiary alicyclic amines) is 1. The fraction of sp³-hybridized carbons (Fsp3) is 0.769. The molecule has 0 bridgehead atoms. The highest BCUT2D eigenvalue weighted by Gasteiger charge is 2.23. The molecule has 1 aliphatic carbocycles. The normalized spacial score (nSPS) is 15.4. The number of nitrogens with zero attached hydrogens (tertiary/aromatic N) is 1. The summed E-state index contributed by atoms with van der Waals surface area (Å²) in [6, 6.07) is -0.654. The van der Waals surface area contributed by atoms with Crippen LogP contribution in [0.1, 0.15) is 147 Å². The zero-order valence-corrected chi connectivity index (χ0v) is 34.0. The summed E-state index contributed by atoms with van der Waals surface area (Å²) in [6.07, 6.45) is 18.0. The maximum Gasteiger partial charge on any atom is 0.312 e. The summed E-state index contributed by atoms with van der Waals surface area (Å²) in [6.45, 7) is 28.8. The van der Waals surface area contributed by atoms with Crippen LogP contribution in [0, 0.1) is 24.2 Å². The Bertz CT molecular complexity index is 821. The Balaban J connectivity index is -0.000000126. The number of amides is 4. The number of nitrogens with two attached hydrogens (primary N) is 1. The van der Waals surface area contributed by atoms with Crippen LogP contribution in [-0.4, -0.2) is 73.6 Å². The minimum absolute atomic E-state index is 0.0916. The van der Waals surface area contributed by atoms with Crippen molar-refractivity contribution in [2.24, 2.45) is 17.6 Å². The maximum atomic E-state index is 11.5. The number of piperidine rings is 1. The SMILES string of the molecule is C#CCCC(NC)C(=O)C(=O)NCC=C.CC.CC.CC.CC.CC.CC(=O)C1CCCN(C=O)C1.CC(NC(N)=O)C1CCCCCC1. The number of likely N-dealkylation sites (N-methyl/N-ethyl adjacent to an activating group) is 1. The van der Waals surface area contributed by atoms with Crippen molar-refractivity contribution < 1.29 is 24.0 Å². The molecule has 10 nitrogen and oxygen atoms in total. The smallest absolute Gasteiger partial charge is 0.312 e. The summed E-state index contributed by atoms with van der Waals surface area (Å²) in [4.78, 5) is 56.4. The van der Waals surface area contributed by atoms with Crippen LogP contribution in [-0.2, 0) is 19.2 Å². The Morgan fingerprint density at radius 2 is 1.43 bits per heavy atom. The van der Waals surface area contributed by atoms with E-state index in [-0.39, 0.29) is 24.3 Å². The van der Waals surface area contributed by atoms with Gasteiger partial charge in [-0.3, -0.25) is 19.2 Å². The number of ketones is 2. The maximum absolute atomic E-state index is 11.5. The molecule has 49 heavy (non-hydrogen) atoms. The Morgan fingerprint density at radius 1 is 0.918 bits per heavy atom. The van der Waals surface area contributed by atoms with E-state index >= 15 is 0 Å². The second-order valence-corrected chi connectivity index (χ2v) is 10.0. The van der Waals surface area contributed by atoms with Crippen LogP contribution in [0.15, 0.2) is 12.7 Å². The first-order valence-electron chi connectivity index (χ1n) is 18.9. The lowest BCUT2D eigenvalue weighted by atomic mass is 9.93. The van der Waals surface area contributed by atoms with Gasteiger partial charge in [0.2, 0.25) is 12.2 Å². The number of rotatable bonds is 11. The van der Waals surface area contributed by atoms with Gasteiger partial charge in [0.1, 0.15) is 5.78 Å². The molecule has 1 saturated carbocycles. The van der Waals surface area contributed by atoms with Crippen LogP contribution < -0.4 is 21.7 Å². The van der Waals surface area contributed by atoms with Crippen LogP contribution in [0.25, 0.3) is 0 Å². The average Bonchev–Trinajstić information content (AvgIpc) is 3.45. The van der Waals surface area contributed by atoms with Gasteiger partial charge >= 0.3 is 6.03 Å². The first kappa shape index (κ1) is 58.0. The van der Waals surface area contributed by atoms with Crippen LogP contribution in [0.3, 0.4) is 0 Å². The Kier molecular flexibility index (Phi) is 55.6. The van der Waals surface area contributed by atoms with E-state index < -0.39 is 23.8 Å². The van der Waals surface area contributed by atoms with Crippen molar-refractivity contribution in [3.05, 3.63) is 12.7 Å². The van der Waals surface area contributed by atoms with E-state index in [9.17, 15) is 24.0 Å². The van der Waals surface area contributed by atoms with Gasteiger partial charge in [0, 0.05) is 38.0 Å². The first-order chi connectivity index (χ1) is 23.6. The lowest BCUT2D eigenvalue weighted by Crippen LogP contribution is -2.44. The second kappa shape index (κ2) is 46.9. The zero-order chi connectivity index (χ0) is 39.6. The van der Waals surface area contributed by atoms with Crippen molar-refractivity contribution in [2.45, 2.75) is 159 Å². The molecule has 2 aliphatic rings. The summed E-state index contributed by atoms with van der Waals surface area (Å²) in [5.74, 6) is 2.26. The van der Waals surface area contributed by atoms with Crippen LogP contribution in [0.5, 0.6) is 0 Å². The monoisotopic (exact) mass is 698 g/mol. The number of Topliss-reactive ketones (excluding diaryl/α,β-unsaturated/α-hetero) is 2. The van der Waals surface area contributed by atoms with E-state index in [2.05, 4.69) is 35.4 Å². The fourth-order valence-electron chi connectivity index (χ4n) is 4.63. The highest BCUT2D eigenvalue weighted by atomic mass is 16.2. The molecule has 1 saturated heterocycles. The van der Waals surface area contributed by atoms with E-state index in [0.29, 0.717) is 25.3 Å². The Morgan fingerprint density at radius 3 is 1.82 bits per heavy atom. The Labute approximate surface area is 303 Å². The number of carbonyl (C=O) groups is 5. The number of urea groups is 1. The molecule has 0 aromatic heterocycles. The van der Waals surface area contributed by atoms with Crippen molar-refractivity contribution in [2.75, 3.05) is 26.7 Å². The molecule has 10 heteroatoms. The molecule has 4 amide bonds. The molecule has 0 radical (unpaired) electrons. The molecular formula is C39H79N5O5. The number of hydrogen-bond acceptors (Lipinski definition) is 6. The van der Waals surface area contributed by atoms with Crippen LogP contribution in [0.2, 0.25) is 0 Å². The molecule has 5 N–H and O–H groups in total. The van der Waals surface area contributed by atoms with E-state index in [1.54, 1.807) is 18.9 Å². The van der Waals surface area contributed by atoms with Gasteiger partial charge in [-0.15, -0.1) is 18.9 Å². The quantitative estimate of drug-likeness (QED) is 0.0579. The highest BCUT2D eigenvalue weighted by molar-refractivity contribution is 6.38. The molecule has 1 aliphatic heterocycles. The molecule has 0 spiro atoms. The third-order valence-electron chi connectivity index (χ3n) is 7.03. The van der Waals surface area contributed by atoms with Gasteiger partial charge in [0.25, 0.3) is 5.91 Å². The van der Waals surface area contributed by atoms with Crippen LogP contribution in [0.4, 0.5) is 4.79 Å². The fourth-order valence-corrected chi connectivity index (χ4v) is 4.63. The molecule has 0 aromatic rings. The highest BCUT2D eigenvalue weighted by Crippen LogP contribution is 2.25. The topological polar surface area (TPSA) is 151 Å². The number of primary amides is 1. The van der Waals surface area contributed by atoms with Crippen molar-refractivity contribution >= 4 is 29.9 Å². The number of carbonyl (C=O) groups excluding carboxylic acids is 5. The van der Waals surface area contributed by atoms with Gasteiger partial charge in [0.05, 0.1) is 6.04 Å². The largest absolute Gasteiger partial charge is 0.352 e. The van der Waals surface area contributed by atoms with E-state index in [0.717, 1.165) is 25.8 Å². The lowest BCUT2D eigenvalue weighted by Gasteiger charge is -2.27. The third kappa shape index (κ3) is 35.9. The molecule has 1 heterocycles. The lowest BCUT2D eigenvalue weighted by molar-refractivity contribution is -0.139. The van der Waals surface area contributed by atoms with Gasteiger partial charge in [-0.1, -0.05) is 101 Å². The summed E-state index contributed by atoms with van der Waals surface area (Å²) in [5.41, 5.74) is 5.09. The first-order valence-corrected chi connectivity index (χ1v) is 18.9. The Hall–Kier alpha value is -3.19. The van der Waals surface area contributed by atoms with E-state index in [4.69, 9.17) is 12.2 Å². The predicted molar refractivity (Wildman–Crippen MR) is 210 cm³/mol. The minimum atomic E-state index is -0.605. The molecule has 2 rings (SSSR count). The van der Waals surface area contributed by atoms with E-state index in [1.165, 1.54) is 44.6 Å². The number of hydrogen-bond donors (Lipinski definition) is 4. The van der Waals surface area contributed by atoms with Gasteiger partial charge in [0.15, 0.2) is 0 Å². The van der Waals surface area contributed by atoms with E-state index in [1.807, 2.05) is 69.2 Å². The number of terminal acetylenes is 1. The predicted octanol–water partition coefficient (Wildman–Crippen LogP) is 7.45. The average molecular weight is 698 g/mol. The standard InChI is InChI=1S/C11H16N2O2.C10H20N2O.C8H13NO2.5C2H6/c1-4-6-7-9(12-3)10(14)11(15)13-8-5-2;1-8(12-10(11)13)9-6-4-2-3-5-7-9;1-7(11)8-3-2-4-9(5-8)6-10;5*1-2/h1,5,9,12H,2,6-8H2,3H3,(H,13,15);8-9H,2-7H2,1H3,(H3,11,12,13);6,8H,2-5H2,1H3;5*1-2H3.